The maximum absolute atomic E-state index is 11.6. The lowest BCUT2D eigenvalue weighted by Crippen LogP contribution is -2.31. The van der Waals surface area contributed by atoms with Crippen LogP contribution in [0.15, 0.2) is 0 Å². The maximum Gasteiger partial charge on any atom is 0.303 e. The first-order valence-electron chi connectivity index (χ1n) is 6.93. The van der Waals surface area contributed by atoms with Crippen LogP contribution in [0.5, 0.6) is 0 Å². The summed E-state index contributed by atoms with van der Waals surface area (Å²) in [6.07, 6.45) is 3.20. The zero-order valence-electron chi connectivity index (χ0n) is 12.3. The van der Waals surface area contributed by atoms with E-state index in [2.05, 4.69) is 12.2 Å². The fourth-order valence-corrected chi connectivity index (χ4v) is 1.72. The summed E-state index contributed by atoms with van der Waals surface area (Å²) in [6.45, 7) is 7.69. The lowest BCUT2D eigenvalue weighted by atomic mass is 9.85. The first kappa shape index (κ1) is 17.9. The molecule has 112 valence electrons. The predicted molar refractivity (Wildman–Crippen MR) is 74.0 cm³/mol. The normalized spacial score (nSPS) is 11.3. The van der Waals surface area contributed by atoms with Crippen LogP contribution in [-0.4, -0.2) is 36.7 Å². The van der Waals surface area contributed by atoms with Crippen LogP contribution in [0, 0.1) is 5.41 Å². The van der Waals surface area contributed by atoms with Crippen LogP contribution in [0.1, 0.15) is 52.9 Å². The van der Waals surface area contributed by atoms with Gasteiger partial charge in [-0.05, 0) is 18.3 Å². The zero-order valence-corrected chi connectivity index (χ0v) is 12.3. The minimum atomic E-state index is -0.873. The lowest BCUT2D eigenvalue weighted by molar-refractivity contribution is -0.139. The number of carboxylic acid groups (broad SMARTS) is 1. The Bertz CT molecular complexity index is 277. The molecule has 0 aliphatic heterocycles. The van der Waals surface area contributed by atoms with Crippen molar-refractivity contribution in [2.75, 3.05) is 19.8 Å². The molecular formula is C14H27NO4. The van der Waals surface area contributed by atoms with Crippen molar-refractivity contribution in [2.45, 2.75) is 52.9 Å². The Morgan fingerprint density at radius 1 is 1.16 bits per heavy atom. The summed E-state index contributed by atoms with van der Waals surface area (Å²) >= 11 is 0. The van der Waals surface area contributed by atoms with Crippen molar-refractivity contribution in [1.82, 2.24) is 5.32 Å². The quantitative estimate of drug-likeness (QED) is 0.566. The third kappa shape index (κ3) is 11.7. The second kappa shape index (κ2) is 9.78. The van der Waals surface area contributed by atoms with E-state index >= 15 is 0 Å². The summed E-state index contributed by atoms with van der Waals surface area (Å²) in [5.41, 5.74) is -0.506. The van der Waals surface area contributed by atoms with Crippen molar-refractivity contribution in [2.24, 2.45) is 5.41 Å². The number of hydrogen-bond acceptors (Lipinski definition) is 3. The molecule has 0 aromatic heterocycles. The molecule has 2 N–H and O–H groups in total. The van der Waals surface area contributed by atoms with Gasteiger partial charge in [0.15, 0.2) is 0 Å². The predicted octanol–water partition coefficient (Wildman–Crippen LogP) is 2.20. The van der Waals surface area contributed by atoms with E-state index < -0.39 is 11.4 Å². The fourth-order valence-electron chi connectivity index (χ4n) is 1.72. The second-order valence-corrected chi connectivity index (χ2v) is 5.58. The van der Waals surface area contributed by atoms with E-state index in [4.69, 9.17) is 9.84 Å². The minimum Gasteiger partial charge on any atom is -0.481 e. The molecule has 0 atom stereocenters. The second-order valence-electron chi connectivity index (χ2n) is 5.58. The van der Waals surface area contributed by atoms with Gasteiger partial charge in [-0.3, -0.25) is 9.59 Å². The van der Waals surface area contributed by atoms with Gasteiger partial charge >= 0.3 is 5.97 Å². The van der Waals surface area contributed by atoms with Gasteiger partial charge in [0.05, 0.1) is 6.42 Å². The molecule has 0 aliphatic carbocycles. The third-order valence-electron chi connectivity index (χ3n) is 2.70. The number of carbonyl (C=O) groups is 2. The number of nitrogens with one attached hydrogen (secondary N) is 1. The van der Waals surface area contributed by atoms with Crippen LogP contribution in [0.25, 0.3) is 0 Å². The van der Waals surface area contributed by atoms with Gasteiger partial charge in [0.1, 0.15) is 0 Å². The molecule has 0 radical (unpaired) electrons. The number of amides is 1. The number of aliphatic carboxylic acids is 1. The average molecular weight is 273 g/mol. The molecule has 0 fully saturated rings. The highest BCUT2D eigenvalue weighted by molar-refractivity contribution is 5.77. The van der Waals surface area contributed by atoms with Gasteiger partial charge in [-0.1, -0.05) is 27.2 Å². The van der Waals surface area contributed by atoms with E-state index in [0.29, 0.717) is 13.2 Å². The molecule has 0 heterocycles. The molecule has 0 saturated carbocycles. The Hall–Kier alpha value is -1.10. The number of unbranched alkanes of at least 4 members (excludes halogenated alkanes) is 1. The Morgan fingerprint density at radius 2 is 1.79 bits per heavy atom. The van der Waals surface area contributed by atoms with Crippen LogP contribution < -0.4 is 5.32 Å². The molecule has 5 nitrogen and oxygen atoms in total. The molecule has 5 heteroatoms. The number of carboxylic acids is 1. The standard InChI is InChI=1S/C14H27NO4/c1-4-5-8-19-9-6-7-15-12(16)10-14(2,3)11-13(17)18/h4-11H2,1-3H3,(H,15,16)(H,17,18). The Labute approximate surface area is 115 Å². The van der Waals surface area contributed by atoms with Gasteiger partial charge in [0.2, 0.25) is 5.91 Å². The number of carbonyl (C=O) groups excluding carboxylic acids is 1. The van der Waals surface area contributed by atoms with E-state index in [1.165, 1.54) is 0 Å². The lowest BCUT2D eigenvalue weighted by Gasteiger charge is -2.21. The summed E-state index contributed by atoms with van der Waals surface area (Å²) in [7, 11) is 0. The van der Waals surface area contributed by atoms with Crippen molar-refractivity contribution in [3.05, 3.63) is 0 Å². The van der Waals surface area contributed by atoms with Gasteiger partial charge in [-0.15, -0.1) is 0 Å². The van der Waals surface area contributed by atoms with Crippen LogP contribution in [0.3, 0.4) is 0 Å². The molecule has 0 bridgehead atoms. The molecule has 0 rings (SSSR count). The molecule has 1 amide bonds. The van der Waals surface area contributed by atoms with E-state index in [-0.39, 0.29) is 18.7 Å². The van der Waals surface area contributed by atoms with Gasteiger partial charge in [0, 0.05) is 26.2 Å². The van der Waals surface area contributed by atoms with Gasteiger partial charge in [-0.25, -0.2) is 0 Å². The van der Waals surface area contributed by atoms with Gasteiger partial charge in [-0.2, -0.15) is 0 Å². The summed E-state index contributed by atoms with van der Waals surface area (Å²) < 4.78 is 5.38. The molecule has 0 aromatic carbocycles. The van der Waals surface area contributed by atoms with E-state index in [1.807, 2.05) is 0 Å². The minimum absolute atomic E-state index is 0.000545. The van der Waals surface area contributed by atoms with Crippen molar-refractivity contribution >= 4 is 11.9 Å². The largest absolute Gasteiger partial charge is 0.481 e. The van der Waals surface area contributed by atoms with Crippen molar-refractivity contribution in [1.29, 1.82) is 0 Å². The summed E-state index contributed by atoms with van der Waals surface area (Å²) in [5.74, 6) is -0.970. The molecule has 0 unspecified atom stereocenters. The number of ether oxygens (including phenoxy) is 1. The van der Waals surface area contributed by atoms with E-state index in [9.17, 15) is 9.59 Å². The Balaban J connectivity index is 3.61. The van der Waals surface area contributed by atoms with Crippen molar-refractivity contribution in [3.63, 3.8) is 0 Å². The van der Waals surface area contributed by atoms with Crippen LogP contribution in [0.2, 0.25) is 0 Å². The highest BCUT2D eigenvalue weighted by atomic mass is 16.5. The molecule has 0 aromatic rings. The summed E-state index contributed by atoms with van der Waals surface area (Å²) in [5, 5.41) is 11.5. The molecule has 0 aliphatic rings. The van der Waals surface area contributed by atoms with Gasteiger partial charge in [0.25, 0.3) is 0 Å². The zero-order chi connectivity index (χ0) is 14.7. The van der Waals surface area contributed by atoms with E-state index in [1.54, 1.807) is 13.8 Å². The topological polar surface area (TPSA) is 75.6 Å². The van der Waals surface area contributed by atoms with Crippen molar-refractivity contribution in [3.8, 4) is 0 Å². The average Bonchev–Trinajstić information content (AvgIpc) is 2.25. The Kier molecular flexibility index (Phi) is 9.21. The maximum atomic E-state index is 11.6. The highest BCUT2D eigenvalue weighted by Gasteiger charge is 2.24. The first-order valence-corrected chi connectivity index (χ1v) is 6.93. The van der Waals surface area contributed by atoms with E-state index in [0.717, 1.165) is 25.9 Å². The van der Waals surface area contributed by atoms with Crippen molar-refractivity contribution < 1.29 is 19.4 Å². The first-order chi connectivity index (χ1) is 8.87. The smallest absolute Gasteiger partial charge is 0.303 e. The summed E-state index contributed by atoms with van der Waals surface area (Å²) in [6, 6.07) is 0. The molecular weight excluding hydrogens is 246 g/mol. The monoisotopic (exact) mass is 273 g/mol. The SMILES string of the molecule is CCCCOCCCNC(=O)CC(C)(C)CC(=O)O. The van der Waals surface area contributed by atoms with Crippen LogP contribution >= 0.6 is 0 Å². The number of rotatable bonds is 11. The van der Waals surface area contributed by atoms with Crippen LogP contribution in [0.4, 0.5) is 0 Å². The number of hydrogen-bond donors (Lipinski definition) is 2. The molecule has 19 heavy (non-hydrogen) atoms. The fraction of sp³-hybridized carbons (Fsp3) is 0.857. The molecule has 0 spiro atoms. The molecule has 0 saturated heterocycles. The highest BCUT2D eigenvalue weighted by Crippen LogP contribution is 2.24. The third-order valence-corrected chi connectivity index (χ3v) is 2.70. The van der Waals surface area contributed by atoms with Crippen LogP contribution in [-0.2, 0) is 14.3 Å². The van der Waals surface area contributed by atoms with Gasteiger partial charge < -0.3 is 15.2 Å². The Morgan fingerprint density at radius 3 is 2.37 bits per heavy atom. The summed E-state index contributed by atoms with van der Waals surface area (Å²) in [4.78, 5) is 22.3.